The smallest absolute Gasteiger partial charge is 0.299 e. The van der Waals surface area contributed by atoms with Gasteiger partial charge in [0.2, 0.25) is 0 Å². The van der Waals surface area contributed by atoms with Crippen molar-refractivity contribution < 1.29 is 5.11 Å². The number of nitriles is 1. The van der Waals surface area contributed by atoms with E-state index in [0.717, 1.165) is 0 Å². The highest BCUT2D eigenvalue weighted by Gasteiger charge is 2.06. The lowest BCUT2D eigenvalue weighted by Crippen LogP contribution is -1.80. The third kappa shape index (κ3) is 0.736. The number of imidazole rings is 1. The highest BCUT2D eigenvalue weighted by Crippen LogP contribution is 2.15. The van der Waals surface area contributed by atoms with Crippen molar-refractivity contribution in [2.75, 3.05) is 0 Å². The summed E-state index contributed by atoms with van der Waals surface area (Å²) in [7, 11) is 0. The third-order valence-electron chi connectivity index (χ3n) is 1.64. The summed E-state index contributed by atoms with van der Waals surface area (Å²) in [5, 5.41) is 17.8. The molecular weight excluding hydrogens is 154 g/mol. The molecule has 0 radical (unpaired) electrons. The van der Waals surface area contributed by atoms with Crippen molar-refractivity contribution in [1.29, 1.82) is 5.26 Å². The number of aromatic hydroxyl groups is 1. The molecule has 0 fully saturated rings. The molecule has 0 aliphatic heterocycles. The summed E-state index contributed by atoms with van der Waals surface area (Å²) < 4.78 is 1.46. The maximum atomic E-state index is 9.22. The number of hydrogen-bond acceptors (Lipinski definition) is 3. The average Bonchev–Trinajstić information content (AvgIpc) is 2.44. The molecule has 2 aromatic rings. The van der Waals surface area contributed by atoms with Gasteiger partial charge in [-0.25, -0.2) is 0 Å². The number of aromatic nitrogens is 2. The highest BCUT2D eigenvalue weighted by atomic mass is 16.3. The first kappa shape index (κ1) is 6.68. The van der Waals surface area contributed by atoms with Crippen LogP contribution in [0.15, 0.2) is 24.4 Å². The number of nitrogens with zero attached hydrogens (tertiary/aromatic N) is 3. The number of hydrogen-bond donors (Lipinski definition) is 1. The zero-order chi connectivity index (χ0) is 8.55. The minimum absolute atomic E-state index is 0.151. The topological polar surface area (TPSA) is 61.3 Å². The van der Waals surface area contributed by atoms with Crippen LogP contribution in [0.5, 0.6) is 6.01 Å². The molecule has 0 saturated carbocycles. The van der Waals surface area contributed by atoms with Crippen LogP contribution in [0.3, 0.4) is 0 Å². The fourth-order valence-electron chi connectivity index (χ4n) is 1.10. The average molecular weight is 159 g/mol. The van der Waals surface area contributed by atoms with Crippen molar-refractivity contribution in [2.24, 2.45) is 0 Å². The highest BCUT2D eigenvalue weighted by molar-refractivity contribution is 5.59. The Morgan fingerprint density at radius 1 is 1.50 bits per heavy atom. The van der Waals surface area contributed by atoms with Gasteiger partial charge in [0.25, 0.3) is 6.01 Å². The largest absolute Gasteiger partial charge is 0.480 e. The minimum Gasteiger partial charge on any atom is -0.480 e. The fourth-order valence-corrected chi connectivity index (χ4v) is 1.10. The van der Waals surface area contributed by atoms with Gasteiger partial charge in [-0.05, 0) is 12.1 Å². The number of pyridine rings is 1. The van der Waals surface area contributed by atoms with E-state index in [-0.39, 0.29) is 11.7 Å². The quantitative estimate of drug-likeness (QED) is 0.621. The predicted octanol–water partition coefficient (Wildman–Crippen LogP) is 0.912. The Labute approximate surface area is 68.3 Å². The predicted molar refractivity (Wildman–Crippen MR) is 41.6 cm³/mol. The first-order valence-corrected chi connectivity index (χ1v) is 3.39. The molecular formula is C8H5N3O. The van der Waals surface area contributed by atoms with Crippen LogP contribution in [-0.2, 0) is 0 Å². The van der Waals surface area contributed by atoms with Crippen LogP contribution >= 0.6 is 0 Å². The standard InChI is InChI=1S/C8H5N3O/c9-5-6-7-3-1-2-4-11(7)8(12)10-6/h1-4H,(H,10,12). The first-order valence-electron chi connectivity index (χ1n) is 3.39. The number of fused-ring (bicyclic) bond motifs is 1. The van der Waals surface area contributed by atoms with Gasteiger partial charge in [0, 0.05) is 6.20 Å². The molecule has 0 atom stereocenters. The molecule has 0 aliphatic rings. The second-order valence-electron chi connectivity index (χ2n) is 2.33. The van der Waals surface area contributed by atoms with E-state index in [1.54, 1.807) is 24.4 Å². The van der Waals surface area contributed by atoms with E-state index in [0.29, 0.717) is 5.52 Å². The molecule has 58 valence electrons. The van der Waals surface area contributed by atoms with Crippen LogP contribution in [0, 0.1) is 11.3 Å². The summed E-state index contributed by atoms with van der Waals surface area (Å²) in [4.78, 5) is 3.67. The molecule has 0 aromatic carbocycles. The molecule has 12 heavy (non-hydrogen) atoms. The minimum atomic E-state index is -0.151. The molecule has 2 aromatic heterocycles. The van der Waals surface area contributed by atoms with E-state index in [1.807, 2.05) is 6.07 Å². The Morgan fingerprint density at radius 2 is 2.33 bits per heavy atom. The molecule has 2 rings (SSSR count). The molecule has 0 aliphatic carbocycles. The van der Waals surface area contributed by atoms with Gasteiger partial charge in [-0.1, -0.05) is 6.07 Å². The maximum absolute atomic E-state index is 9.22. The Bertz CT molecular complexity index is 467. The van der Waals surface area contributed by atoms with Crippen LogP contribution in [0.25, 0.3) is 5.52 Å². The summed E-state index contributed by atoms with van der Waals surface area (Å²) in [6.07, 6.45) is 1.65. The van der Waals surface area contributed by atoms with E-state index in [4.69, 9.17) is 5.26 Å². The van der Waals surface area contributed by atoms with Gasteiger partial charge in [-0.2, -0.15) is 10.2 Å². The molecule has 4 heteroatoms. The van der Waals surface area contributed by atoms with Gasteiger partial charge >= 0.3 is 0 Å². The molecule has 0 saturated heterocycles. The fraction of sp³-hybridized carbons (Fsp3) is 0. The summed E-state index contributed by atoms with van der Waals surface area (Å²) in [6, 6.07) is 7.02. The maximum Gasteiger partial charge on any atom is 0.299 e. The molecule has 0 unspecified atom stereocenters. The van der Waals surface area contributed by atoms with E-state index >= 15 is 0 Å². The lowest BCUT2D eigenvalue weighted by molar-refractivity contribution is 0.428. The third-order valence-corrected chi connectivity index (χ3v) is 1.64. The lowest BCUT2D eigenvalue weighted by atomic mass is 10.3. The molecule has 1 N–H and O–H groups in total. The van der Waals surface area contributed by atoms with Crippen molar-refractivity contribution in [3.8, 4) is 12.1 Å². The zero-order valence-corrected chi connectivity index (χ0v) is 6.10. The van der Waals surface area contributed by atoms with Gasteiger partial charge in [0.05, 0.1) is 5.52 Å². The van der Waals surface area contributed by atoms with E-state index in [2.05, 4.69) is 4.98 Å². The van der Waals surface area contributed by atoms with Crippen LogP contribution in [-0.4, -0.2) is 14.5 Å². The Kier molecular flexibility index (Phi) is 1.25. The summed E-state index contributed by atoms with van der Waals surface area (Å²) >= 11 is 0. The SMILES string of the molecule is N#Cc1nc(O)n2ccccc12. The second kappa shape index (κ2) is 2.24. The van der Waals surface area contributed by atoms with Gasteiger partial charge in [-0.15, -0.1) is 0 Å². The summed E-state index contributed by atoms with van der Waals surface area (Å²) in [5.41, 5.74) is 0.866. The lowest BCUT2D eigenvalue weighted by Gasteiger charge is -1.90. The van der Waals surface area contributed by atoms with Gasteiger partial charge in [0.15, 0.2) is 5.69 Å². The second-order valence-corrected chi connectivity index (χ2v) is 2.33. The number of rotatable bonds is 0. The Morgan fingerprint density at radius 3 is 3.08 bits per heavy atom. The summed E-state index contributed by atoms with van der Waals surface area (Å²) in [6.45, 7) is 0. The molecule has 0 amide bonds. The summed E-state index contributed by atoms with van der Waals surface area (Å²) in [5.74, 6) is 0. The van der Waals surface area contributed by atoms with Crippen LogP contribution in [0.2, 0.25) is 0 Å². The normalized spacial score (nSPS) is 9.92. The van der Waals surface area contributed by atoms with Gasteiger partial charge < -0.3 is 5.11 Å². The van der Waals surface area contributed by atoms with Crippen LogP contribution in [0.4, 0.5) is 0 Å². The van der Waals surface area contributed by atoms with Gasteiger partial charge in [-0.3, -0.25) is 4.40 Å². The Hall–Kier alpha value is -2.02. The monoisotopic (exact) mass is 159 g/mol. The van der Waals surface area contributed by atoms with Crippen LogP contribution in [0.1, 0.15) is 5.69 Å². The van der Waals surface area contributed by atoms with Crippen molar-refractivity contribution in [3.63, 3.8) is 0 Å². The van der Waals surface area contributed by atoms with Crippen molar-refractivity contribution in [3.05, 3.63) is 30.1 Å². The molecule has 0 bridgehead atoms. The van der Waals surface area contributed by atoms with Gasteiger partial charge in [0.1, 0.15) is 6.07 Å². The first-order chi connectivity index (χ1) is 5.83. The molecule has 2 heterocycles. The van der Waals surface area contributed by atoms with Crippen molar-refractivity contribution >= 4 is 5.52 Å². The van der Waals surface area contributed by atoms with E-state index in [9.17, 15) is 5.11 Å². The molecule has 0 spiro atoms. The Balaban J connectivity index is 2.94. The van der Waals surface area contributed by atoms with Crippen LogP contribution < -0.4 is 0 Å². The van der Waals surface area contributed by atoms with Crippen molar-refractivity contribution in [1.82, 2.24) is 9.38 Å². The van der Waals surface area contributed by atoms with Crippen molar-refractivity contribution in [2.45, 2.75) is 0 Å². The van der Waals surface area contributed by atoms with E-state index in [1.165, 1.54) is 4.40 Å². The molecule has 4 nitrogen and oxygen atoms in total. The zero-order valence-electron chi connectivity index (χ0n) is 6.10. The van der Waals surface area contributed by atoms with E-state index < -0.39 is 0 Å².